The van der Waals surface area contributed by atoms with Crippen molar-refractivity contribution in [1.82, 2.24) is 0 Å². The highest BCUT2D eigenvalue weighted by molar-refractivity contribution is 5.04. The van der Waals surface area contributed by atoms with Crippen LogP contribution in [0.15, 0.2) is 11.6 Å². The van der Waals surface area contributed by atoms with Crippen LogP contribution in [0.2, 0.25) is 0 Å². The lowest BCUT2D eigenvalue weighted by Gasteiger charge is -2.26. The lowest BCUT2D eigenvalue weighted by molar-refractivity contribution is 0.331. The Bertz CT molecular complexity index is 133. The number of allylic oxidation sites excluding steroid dienone is 2. The Hall–Kier alpha value is -0.260. The SMILES string of the molecule is CCC1CC=C(C)CC1C. The maximum absolute atomic E-state index is 2.41. The molecular weight excluding hydrogens is 120 g/mol. The molecule has 0 saturated carbocycles. The Morgan fingerprint density at radius 1 is 1.60 bits per heavy atom. The molecule has 10 heavy (non-hydrogen) atoms. The molecule has 2 atom stereocenters. The zero-order valence-corrected chi connectivity index (χ0v) is 7.35. The second-order valence-electron chi connectivity index (χ2n) is 3.64. The van der Waals surface area contributed by atoms with Gasteiger partial charge in [-0.05, 0) is 31.6 Å². The van der Waals surface area contributed by atoms with Gasteiger partial charge in [-0.25, -0.2) is 0 Å². The van der Waals surface area contributed by atoms with Crippen molar-refractivity contribution in [3.63, 3.8) is 0 Å². The first-order valence-corrected chi connectivity index (χ1v) is 4.39. The van der Waals surface area contributed by atoms with E-state index in [0.29, 0.717) is 0 Å². The number of hydrogen-bond acceptors (Lipinski definition) is 0. The van der Waals surface area contributed by atoms with Gasteiger partial charge in [-0.3, -0.25) is 0 Å². The minimum atomic E-state index is 0.926. The Kier molecular flexibility index (Phi) is 2.53. The molecule has 0 aliphatic heterocycles. The van der Waals surface area contributed by atoms with Gasteiger partial charge in [-0.15, -0.1) is 0 Å². The molecule has 0 aromatic carbocycles. The highest BCUT2D eigenvalue weighted by atomic mass is 14.2. The summed E-state index contributed by atoms with van der Waals surface area (Å²) < 4.78 is 0. The van der Waals surface area contributed by atoms with Gasteiger partial charge in [-0.1, -0.05) is 31.9 Å². The van der Waals surface area contributed by atoms with Crippen molar-refractivity contribution in [3.05, 3.63) is 11.6 Å². The summed E-state index contributed by atoms with van der Waals surface area (Å²) in [6.45, 7) is 6.93. The maximum atomic E-state index is 2.41. The van der Waals surface area contributed by atoms with Crippen LogP contribution in [-0.4, -0.2) is 0 Å². The summed E-state index contributed by atoms with van der Waals surface area (Å²) in [4.78, 5) is 0. The van der Waals surface area contributed by atoms with Crippen LogP contribution in [0.1, 0.15) is 40.0 Å². The summed E-state index contributed by atoms with van der Waals surface area (Å²) in [5.41, 5.74) is 1.59. The Morgan fingerprint density at radius 3 is 2.80 bits per heavy atom. The second-order valence-corrected chi connectivity index (χ2v) is 3.64. The first-order valence-electron chi connectivity index (χ1n) is 4.39. The fourth-order valence-corrected chi connectivity index (χ4v) is 1.91. The molecule has 0 radical (unpaired) electrons. The smallest absolute Gasteiger partial charge is 0.0294 e. The van der Waals surface area contributed by atoms with Crippen LogP contribution in [0.25, 0.3) is 0 Å². The van der Waals surface area contributed by atoms with Crippen molar-refractivity contribution in [2.75, 3.05) is 0 Å². The van der Waals surface area contributed by atoms with Crippen LogP contribution in [0.5, 0.6) is 0 Å². The van der Waals surface area contributed by atoms with Gasteiger partial charge >= 0.3 is 0 Å². The lowest BCUT2D eigenvalue weighted by atomic mass is 9.80. The second kappa shape index (κ2) is 3.23. The van der Waals surface area contributed by atoms with Crippen LogP contribution in [0.3, 0.4) is 0 Å². The Labute approximate surface area is 64.3 Å². The minimum Gasteiger partial charge on any atom is -0.0853 e. The Balaban J connectivity index is 2.52. The van der Waals surface area contributed by atoms with E-state index in [1.807, 2.05) is 0 Å². The van der Waals surface area contributed by atoms with Gasteiger partial charge in [0.05, 0.1) is 0 Å². The van der Waals surface area contributed by atoms with Gasteiger partial charge in [0, 0.05) is 0 Å². The van der Waals surface area contributed by atoms with Crippen molar-refractivity contribution < 1.29 is 0 Å². The molecular formula is C10H18. The molecule has 0 bridgehead atoms. The molecule has 0 aromatic heterocycles. The fourth-order valence-electron chi connectivity index (χ4n) is 1.91. The molecule has 0 saturated heterocycles. The molecule has 0 fully saturated rings. The average molecular weight is 138 g/mol. The van der Waals surface area contributed by atoms with Crippen LogP contribution < -0.4 is 0 Å². The average Bonchev–Trinajstić information content (AvgIpc) is 1.88. The molecule has 1 aliphatic carbocycles. The third kappa shape index (κ3) is 1.62. The largest absolute Gasteiger partial charge is 0.0853 e. The van der Waals surface area contributed by atoms with Gasteiger partial charge in [-0.2, -0.15) is 0 Å². The third-order valence-electron chi connectivity index (χ3n) is 2.74. The van der Waals surface area contributed by atoms with E-state index >= 15 is 0 Å². The molecule has 1 rings (SSSR count). The standard InChI is InChI=1S/C10H18/c1-4-10-6-5-8(2)7-9(10)3/h5,9-10H,4,6-7H2,1-3H3. The van der Waals surface area contributed by atoms with Crippen LogP contribution in [-0.2, 0) is 0 Å². The molecule has 0 N–H and O–H groups in total. The first kappa shape index (κ1) is 7.84. The lowest BCUT2D eigenvalue weighted by Crippen LogP contribution is -2.14. The van der Waals surface area contributed by atoms with Gasteiger partial charge in [0.15, 0.2) is 0 Å². The third-order valence-corrected chi connectivity index (χ3v) is 2.74. The van der Waals surface area contributed by atoms with Gasteiger partial charge < -0.3 is 0 Å². The van der Waals surface area contributed by atoms with Crippen molar-refractivity contribution >= 4 is 0 Å². The van der Waals surface area contributed by atoms with E-state index in [1.165, 1.54) is 19.3 Å². The molecule has 0 heterocycles. The normalized spacial score (nSPS) is 33.7. The monoisotopic (exact) mass is 138 g/mol. The summed E-state index contributed by atoms with van der Waals surface area (Å²) in [6, 6.07) is 0. The zero-order valence-electron chi connectivity index (χ0n) is 7.35. The van der Waals surface area contributed by atoms with Crippen molar-refractivity contribution in [3.8, 4) is 0 Å². The van der Waals surface area contributed by atoms with E-state index in [2.05, 4.69) is 26.8 Å². The van der Waals surface area contributed by atoms with E-state index in [0.717, 1.165) is 11.8 Å². The molecule has 0 heteroatoms. The molecule has 58 valence electrons. The number of hydrogen-bond donors (Lipinski definition) is 0. The van der Waals surface area contributed by atoms with E-state index < -0.39 is 0 Å². The highest BCUT2D eigenvalue weighted by Gasteiger charge is 2.18. The van der Waals surface area contributed by atoms with E-state index in [9.17, 15) is 0 Å². The molecule has 0 aromatic rings. The highest BCUT2D eigenvalue weighted by Crippen LogP contribution is 2.30. The number of rotatable bonds is 1. The summed E-state index contributed by atoms with van der Waals surface area (Å²) >= 11 is 0. The summed E-state index contributed by atoms with van der Waals surface area (Å²) in [5, 5.41) is 0. The van der Waals surface area contributed by atoms with E-state index in [1.54, 1.807) is 5.57 Å². The van der Waals surface area contributed by atoms with Gasteiger partial charge in [0.25, 0.3) is 0 Å². The van der Waals surface area contributed by atoms with E-state index in [4.69, 9.17) is 0 Å². The van der Waals surface area contributed by atoms with Crippen molar-refractivity contribution in [1.29, 1.82) is 0 Å². The predicted octanol–water partition coefficient (Wildman–Crippen LogP) is 3.39. The molecule has 2 unspecified atom stereocenters. The Morgan fingerprint density at radius 2 is 2.30 bits per heavy atom. The quantitative estimate of drug-likeness (QED) is 0.487. The summed E-state index contributed by atoms with van der Waals surface area (Å²) in [6.07, 6.45) is 6.42. The first-order chi connectivity index (χ1) is 4.74. The molecule has 1 aliphatic rings. The van der Waals surface area contributed by atoms with Crippen LogP contribution in [0.4, 0.5) is 0 Å². The zero-order chi connectivity index (χ0) is 7.56. The topological polar surface area (TPSA) is 0 Å². The van der Waals surface area contributed by atoms with Crippen LogP contribution >= 0.6 is 0 Å². The predicted molar refractivity (Wildman–Crippen MR) is 45.9 cm³/mol. The maximum Gasteiger partial charge on any atom is -0.0294 e. The molecule has 0 amide bonds. The van der Waals surface area contributed by atoms with E-state index in [-0.39, 0.29) is 0 Å². The summed E-state index contributed by atoms with van der Waals surface area (Å²) in [5.74, 6) is 1.89. The van der Waals surface area contributed by atoms with Gasteiger partial charge in [0.1, 0.15) is 0 Å². The molecule has 0 spiro atoms. The molecule has 0 nitrogen and oxygen atoms in total. The van der Waals surface area contributed by atoms with Crippen LogP contribution in [0, 0.1) is 11.8 Å². The van der Waals surface area contributed by atoms with Crippen molar-refractivity contribution in [2.24, 2.45) is 11.8 Å². The minimum absolute atomic E-state index is 0.926. The fraction of sp³-hybridized carbons (Fsp3) is 0.800. The van der Waals surface area contributed by atoms with Gasteiger partial charge in [0.2, 0.25) is 0 Å². The summed E-state index contributed by atoms with van der Waals surface area (Å²) in [7, 11) is 0. The van der Waals surface area contributed by atoms with Crippen molar-refractivity contribution in [2.45, 2.75) is 40.0 Å².